The van der Waals surface area contributed by atoms with Crippen molar-refractivity contribution in [1.29, 1.82) is 0 Å². The zero-order chi connectivity index (χ0) is 20.5. The van der Waals surface area contributed by atoms with E-state index in [0.29, 0.717) is 17.8 Å². The number of esters is 1. The molecule has 1 fully saturated rings. The van der Waals surface area contributed by atoms with Gasteiger partial charge in [-0.25, -0.2) is 4.79 Å². The molecule has 160 valence electrons. The van der Waals surface area contributed by atoms with Gasteiger partial charge in [-0.15, -0.1) is 12.4 Å². The lowest BCUT2D eigenvalue weighted by molar-refractivity contribution is -0.117. The van der Waals surface area contributed by atoms with Crippen LogP contribution in [-0.2, 0) is 9.53 Å². The van der Waals surface area contributed by atoms with Crippen molar-refractivity contribution in [2.75, 3.05) is 51.7 Å². The molecule has 3 rings (SSSR count). The van der Waals surface area contributed by atoms with E-state index in [4.69, 9.17) is 0 Å². The third-order valence-corrected chi connectivity index (χ3v) is 4.90. The number of piperazine rings is 1. The molecule has 1 heterocycles. The first-order valence-electron chi connectivity index (χ1n) is 9.78. The number of rotatable bonds is 7. The van der Waals surface area contributed by atoms with Crippen molar-refractivity contribution in [2.45, 2.75) is 0 Å². The molecular formula is C23H28ClN3O3. The van der Waals surface area contributed by atoms with E-state index in [1.807, 2.05) is 18.2 Å². The van der Waals surface area contributed by atoms with Gasteiger partial charge in [0, 0.05) is 38.4 Å². The first-order valence-corrected chi connectivity index (χ1v) is 9.78. The van der Waals surface area contributed by atoms with Crippen LogP contribution in [0.25, 0.3) is 6.08 Å². The Morgan fingerprint density at radius 3 is 2.23 bits per heavy atom. The lowest BCUT2D eigenvalue weighted by Crippen LogP contribution is -2.48. The number of carbonyl (C=O) groups excluding carboxylic acids is 2. The molecule has 2 aromatic rings. The van der Waals surface area contributed by atoms with Gasteiger partial charge in [0.05, 0.1) is 19.2 Å². The Morgan fingerprint density at radius 1 is 0.967 bits per heavy atom. The van der Waals surface area contributed by atoms with E-state index in [-0.39, 0.29) is 24.3 Å². The number of nitrogens with zero attached hydrogens (tertiary/aromatic N) is 2. The van der Waals surface area contributed by atoms with Gasteiger partial charge >= 0.3 is 5.97 Å². The Labute approximate surface area is 183 Å². The third kappa shape index (κ3) is 7.30. The Hall–Kier alpha value is -2.67. The summed E-state index contributed by atoms with van der Waals surface area (Å²) in [5.74, 6) is -0.437. The van der Waals surface area contributed by atoms with E-state index in [1.54, 1.807) is 24.3 Å². The molecule has 1 aliphatic rings. The molecule has 0 bridgehead atoms. The first-order chi connectivity index (χ1) is 14.1. The van der Waals surface area contributed by atoms with Crippen molar-refractivity contribution in [2.24, 2.45) is 0 Å². The van der Waals surface area contributed by atoms with Crippen molar-refractivity contribution in [3.63, 3.8) is 0 Å². The topological polar surface area (TPSA) is 61.9 Å². The van der Waals surface area contributed by atoms with Crippen LogP contribution in [0.5, 0.6) is 0 Å². The smallest absolute Gasteiger partial charge is 0.337 e. The van der Waals surface area contributed by atoms with Crippen molar-refractivity contribution >= 4 is 36.0 Å². The van der Waals surface area contributed by atoms with E-state index in [2.05, 4.69) is 44.1 Å². The number of amides is 1. The summed E-state index contributed by atoms with van der Waals surface area (Å²) < 4.78 is 4.67. The molecule has 1 amide bonds. The van der Waals surface area contributed by atoms with E-state index >= 15 is 0 Å². The Kier molecular flexibility index (Phi) is 9.54. The summed E-state index contributed by atoms with van der Waals surface area (Å²) in [5.41, 5.74) is 2.35. The van der Waals surface area contributed by atoms with Gasteiger partial charge in [-0.2, -0.15) is 0 Å². The van der Waals surface area contributed by atoms with Crippen molar-refractivity contribution in [1.82, 2.24) is 9.80 Å². The third-order valence-electron chi connectivity index (χ3n) is 4.90. The molecule has 0 aromatic heterocycles. The van der Waals surface area contributed by atoms with Gasteiger partial charge in [0.1, 0.15) is 0 Å². The number of hydrogen-bond acceptors (Lipinski definition) is 5. The van der Waals surface area contributed by atoms with Gasteiger partial charge in [0.15, 0.2) is 0 Å². The van der Waals surface area contributed by atoms with E-state index in [1.165, 1.54) is 12.7 Å². The van der Waals surface area contributed by atoms with Crippen LogP contribution in [0.15, 0.2) is 60.7 Å². The zero-order valence-corrected chi connectivity index (χ0v) is 17.9. The number of methoxy groups -OCH3 is 1. The Bertz CT molecular complexity index is 833. The second-order valence-electron chi connectivity index (χ2n) is 7.01. The highest BCUT2D eigenvalue weighted by atomic mass is 35.5. The van der Waals surface area contributed by atoms with Gasteiger partial charge in [-0.3, -0.25) is 14.6 Å². The summed E-state index contributed by atoms with van der Waals surface area (Å²) >= 11 is 0. The number of halogens is 1. The number of ether oxygens (including phenoxy) is 1. The molecular weight excluding hydrogens is 402 g/mol. The summed E-state index contributed by atoms with van der Waals surface area (Å²) in [7, 11) is 1.34. The minimum atomic E-state index is -0.389. The molecule has 0 atom stereocenters. The second-order valence-corrected chi connectivity index (χ2v) is 7.01. The maximum absolute atomic E-state index is 12.3. The van der Waals surface area contributed by atoms with Crippen molar-refractivity contribution in [3.05, 3.63) is 71.8 Å². The van der Waals surface area contributed by atoms with Crippen LogP contribution >= 0.6 is 12.4 Å². The molecule has 30 heavy (non-hydrogen) atoms. The van der Waals surface area contributed by atoms with Crippen LogP contribution in [0.1, 0.15) is 15.9 Å². The zero-order valence-electron chi connectivity index (χ0n) is 17.1. The van der Waals surface area contributed by atoms with Crippen LogP contribution in [0.2, 0.25) is 0 Å². The molecule has 1 saturated heterocycles. The average Bonchev–Trinajstić information content (AvgIpc) is 2.75. The average molecular weight is 430 g/mol. The predicted octanol–water partition coefficient (Wildman–Crippen LogP) is 3.16. The minimum absolute atomic E-state index is 0. The van der Waals surface area contributed by atoms with Gasteiger partial charge < -0.3 is 10.1 Å². The lowest BCUT2D eigenvalue weighted by Gasteiger charge is -2.33. The van der Waals surface area contributed by atoms with Gasteiger partial charge in [0.2, 0.25) is 5.91 Å². The summed E-state index contributed by atoms with van der Waals surface area (Å²) in [6, 6.07) is 17.0. The molecule has 1 N–H and O–H groups in total. The molecule has 0 radical (unpaired) electrons. The quantitative estimate of drug-likeness (QED) is 0.685. The summed E-state index contributed by atoms with van der Waals surface area (Å²) in [5, 5.41) is 2.88. The first kappa shape index (κ1) is 23.6. The molecule has 2 aromatic carbocycles. The van der Waals surface area contributed by atoms with Crippen molar-refractivity contribution < 1.29 is 14.3 Å². The standard InChI is InChI=1S/C23H27N3O3.ClH/c1-29-23(28)20-9-11-21(12-10-20)24-22(27)18-26-16-14-25(15-17-26)13-5-8-19-6-3-2-4-7-19;/h2-12H,13-18H2,1H3,(H,24,27);1H. The predicted molar refractivity (Wildman–Crippen MR) is 122 cm³/mol. The molecule has 0 spiro atoms. The van der Waals surface area contributed by atoms with Gasteiger partial charge in [-0.1, -0.05) is 42.5 Å². The highest BCUT2D eigenvalue weighted by Crippen LogP contribution is 2.11. The van der Waals surface area contributed by atoms with Crippen LogP contribution in [0.4, 0.5) is 5.69 Å². The number of anilines is 1. The largest absolute Gasteiger partial charge is 0.465 e. The van der Waals surface area contributed by atoms with Gasteiger partial charge in [-0.05, 0) is 29.8 Å². The fourth-order valence-electron chi connectivity index (χ4n) is 3.24. The minimum Gasteiger partial charge on any atom is -0.465 e. The summed E-state index contributed by atoms with van der Waals surface area (Å²) in [6.07, 6.45) is 4.33. The molecule has 0 saturated carbocycles. The lowest BCUT2D eigenvalue weighted by atomic mass is 10.2. The number of nitrogens with one attached hydrogen (secondary N) is 1. The fourth-order valence-corrected chi connectivity index (χ4v) is 3.24. The maximum Gasteiger partial charge on any atom is 0.337 e. The van der Waals surface area contributed by atoms with Crippen LogP contribution < -0.4 is 5.32 Å². The second kappa shape index (κ2) is 12.1. The molecule has 0 aliphatic carbocycles. The van der Waals surface area contributed by atoms with Gasteiger partial charge in [0.25, 0.3) is 0 Å². The summed E-state index contributed by atoms with van der Waals surface area (Å²) in [6.45, 7) is 4.91. The van der Waals surface area contributed by atoms with E-state index in [9.17, 15) is 9.59 Å². The number of hydrogen-bond donors (Lipinski definition) is 1. The van der Waals surface area contributed by atoms with Crippen LogP contribution in [0.3, 0.4) is 0 Å². The van der Waals surface area contributed by atoms with Crippen molar-refractivity contribution in [3.8, 4) is 0 Å². The number of benzene rings is 2. The SMILES string of the molecule is COC(=O)c1ccc(NC(=O)CN2CCN(CC=Cc3ccccc3)CC2)cc1.Cl. The van der Waals surface area contributed by atoms with Crippen LogP contribution in [-0.4, -0.2) is 68.1 Å². The monoisotopic (exact) mass is 429 g/mol. The molecule has 1 aliphatic heterocycles. The molecule has 7 heteroatoms. The normalized spacial score (nSPS) is 14.8. The highest BCUT2D eigenvalue weighted by molar-refractivity contribution is 5.94. The Morgan fingerprint density at radius 2 is 1.60 bits per heavy atom. The van der Waals surface area contributed by atoms with E-state index < -0.39 is 0 Å². The van der Waals surface area contributed by atoms with Crippen LogP contribution in [0, 0.1) is 0 Å². The number of carbonyl (C=O) groups is 2. The highest BCUT2D eigenvalue weighted by Gasteiger charge is 2.18. The molecule has 6 nitrogen and oxygen atoms in total. The molecule has 0 unspecified atom stereocenters. The van der Waals surface area contributed by atoms with E-state index in [0.717, 1.165) is 32.7 Å². The Balaban J connectivity index is 0.00000320. The fraction of sp³-hybridized carbons (Fsp3) is 0.304. The maximum atomic E-state index is 12.3. The summed E-state index contributed by atoms with van der Waals surface area (Å²) in [4.78, 5) is 28.3.